The van der Waals surface area contributed by atoms with Gasteiger partial charge in [0.05, 0.1) is 11.9 Å². The van der Waals surface area contributed by atoms with Crippen LogP contribution in [0.1, 0.15) is 25.7 Å². The van der Waals surface area contributed by atoms with Crippen LogP contribution < -0.4 is 11.1 Å². The molecule has 1 aliphatic carbocycles. The molecule has 1 saturated heterocycles. The maximum Gasteiger partial charge on any atom is 0.244 e. The molecule has 1 aromatic heterocycles. The second kappa shape index (κ2) is 5.15. The lowest BCUT2D eigenvalue weighted by molar-refractivity contribution is -0.139. The van der Waals surface area contributed by atoms with E-state index in [0.717, 1.165) is 25.7 Å². The molecule has 0 spiro atoms. The van der Waals surface area contributed by atoms with Crippen molar-refractivity contribution in [3.63, 3.8) is 0 Å². The van der Waals surface area contributed by atoms with Crippen molar-refractivity contribution in [2.24, 2.45) is 0 Å². The minimum atomic E-state index is -0.323. The number of hydrogen-bond donors (Lipinski definition) is 2. The molecule has 0 aromatic carbocycles. The van der Waals surface area contributed by atoms with Crippen molar-refractivity contribution in [1.82, 2.24) is 20.0 Å². The summed E-state index contributed by atoms with van der Waals surface area (Å²) in [5.74, 6) is -0.0973. The van der Waals surface area contributed by atoms with Gasteiger partial charge >= 0.3 is 0 Å². The van der Waals surface area contributed by atoms with Crippen LogP contribution >= 0.6 is 0 Å². The first-order chi connectivity index (χ1) is 9.63. The van der Waals surface area contributed by atoms with E-state index in [2.05, 4.69) is 10.4 Å². The molecule has 3 rings (SSSR count). The average molecular weight is 277 g/mol. The van der Waals surface area contributed by atoms with Crippen molar-refractivity contribution in [3.05, 3.63) is 12.4 Å². The number of carbonyl (C=O) groups is 2. The fourth-order valence-electron chi connectivity index (χ4n) is 2.56. The van der Waals surface area contributed by atoms with Gasteiger partial charge in [0.15, 0.2) is 0 Å². The average Bonchev–Trinajstić information content (AvgIpc) is 2.92. The van der Waals surface area contributed by atoms with Crippen LogP contribution in [-0.2, 0) is 16.1 Å². The van der Waals surface area contributed by atoms with E-state index in [1.54, 1.807) is 11.1 Å². The molecule has 2 fully saturated rings. The first-order valence-corrected chi connectivity index (χ1v) is 7.01. The van der Waals surface area contributed by atoms with Gasteiger partial charge in [0.1, 0.15) is 12.6 Å². The number of carbonyl (C=O) groups excluding carboxylic acids is 2. The predicted octanol–water partition coefficient (Wildman–Crippen LogP) is -0.265. The topological polar surface area (TPSA) is 93.2 Å². The van der Waals surface area contributed by atoms with Gasteiger partial charge in [-0.3, -0.25) is 14.3 Å². The van der Waals surface area contributed by atoms with Gasteiger partial charge < -0.3 is 16.0 Å². The maximum atomic E-state index is 12.3. The van der Waals surface area contributed by atoms with Crippen molar-refractivity contribution in [1.29, 1.82) is 0 Å². The Balaban J connectivity index is 1.61. The summed E-state index contributed by atoms with van der Waals surface area (Å²) in [6.07, 6.45) is 6.85. The third-order valence-corrected chi connectivity index (χ3v) is 3.75. The first-order valence-electron chi connectivity index (χ1n) is 7.01. The molecule has 3 N–H and O–H groups in total. The summed E-state index contributed by atoms with van der Waals surface area (Å²) < 4.78 is 1.51. The Bertz CT molecular complexity index is 523. The monoisotopic (exact) mass is 277 g/mol. The zero-order valence-electron chi connectivity index (χ0n) is 11.3. The molecule has 1 saturated carbocycles. The van der Waals surface area contributed by atoms with Gasteiger partial charge in [-0.1, -0.05) is 0 Å². The van der Waals surface area contributed by atoms with E-state index >= 15 is 0 Å². The molecule has 1 aromatic rings. The Morgan fingerprint density at radius 2 is 2.20 bits per heavy atom. The Morgan fingerprint density at radius 1 is 1.40 bits per heavy atom. The molecule has 2 aliphatic rings. The van der Waals surface area contributed by atoms with E-state index in [1.165, 1.54) is 10.9 Å². The largest absolute Gasteiger partial charge is 0.396 e. The molecule has 2 amide bonds. The lowest BCUT2D eigenvalue weighted by atomic mass is 10.2. The van der Waals surface area contributed by atoms with Crippen LogP contribution in [0, 0.1) is 0 Å². The smallest absolute Gasteiger partial charge is 0.244 e. The molecular formula is C13H19N5O2. The number of rotatable bonds is 4. The van der Waals surface area contributed by atoms with E-state index < -0.39 is 0 Å². The quantitative estimate of drug-likeness (QED) is 0.792. The van der Waals surface area contributed by atoms with E-state index in [1.807, 2.05) is 0 Å². The Kier molecular flexibility index (Phi) is 3.33. The second-order valence-electron chi connectivity index (χ2n) is 5.50. The first kappa shape index (κ1) is 13.0. The molecular weight excluding hydrogens is 258 g/mol. The van der Waals surface area contributed by atoms with Crippen molar-refractivity contribution in [2.75, 3.05) is 12.3 Å². The minimum Gasteiger partial charge on any atom is -0.396 e. The summed E-state index contributed by atoms with van der Waals surface area (Å²) in [5, 5.41) is 6.97. The molecule has 7 nitrogen and oxygen atoms in total. The fraction of sp³-hybridized carbons (Fsp3) is 0.615. The molecule has 1 aliphatic heterocycles. The fourth-order valence-corrected chi connectivity index (χ4v) is 2.56. The van der Waals surface area contributed by atoms with Crippen molar-refractivity contribution in [3.8, 4) is 0 Å². The Morgan fingerprint density at radius 3 is 2.85 bits per heavy atom. The lowest BCUT2D eigenvalue weighted by Gasteiger charge is -2.24. The molecule has 108 valence electrons. The van der Waals surface area contributed by atoms with Gasteiger partial charge in [-0.2, -0.15) is 5.10 Å². The van der Waals surface area contributed by atoms with Gasteiger partial charge in [-0.05, 0) is 25.7 Å². The number of nitrogens with zero attached hydrogens (tertiary/aromatic N) is 3. The number of nitrogens with two attached hydrogens (primary N) is 1. The highest BCUT2D eigenvalue weighted by molar-refractivity contribution is 5.88. The number of likely N-dealkylation sites (tertiary alicyclic amines) is 1. The second-order valence-corrected chi connectivity index (χ2v) is 5.50. The third-order valence-electron chi connectivity index (χ3n) is 3.75. The summed E-state index contributed by atoms with van der Waals surface area (Å²) in [6, 6.07) is 0.00183. The molecule has 1 atom stereocenters. The van der Waals surface area contributed by atoms with Gasteiger partial charge in [0, 0.05) is 18.8 Å². The van der Waals surface area contributed by atoms with E-state index in [0.29, 0.717) is 18.3 Å². The van der Waals surface area contributed by atoms with Gasteiger partial charge in [0.25, 0.3) is 0 Å². The zero-order valence-corrected chi connectivity index (χ0v) is 11.3. The van der Waals surface area contributed by atoms with Crippen LogP contribution in [0.4, 0.5) is 5.69 Å². The minimum absolute atomic E-state index is 0.0154. The normalized spacial score (nSPS) is 22.0. The Hall–Kier alpha value is -2.05. The van der Waals surface area contributed by atoms with Crippen molar-refractivity contribution < 1.29 is 9.59 Å². The molecule has 0 bridgehead atoms. The van der Waals surface area contributed by atoms with Crippen LogP contribution in [0.2, 0.25) is 0 Å². The van der Waals surface area contributed by atoms with Crippen LogP contribution in [0.15, 0.2) is 12.4 Å². The van der Waals surface area contributed by atoms with Crippen LogP contribution in [-0.4, -0.2) is 45.1 Å². The molecule has 0 radical (unpaired) electrons. The predicted molar refractivity (Wildman–Crippen MR) is 72.5 cm³/mol. The molecule has 2 heterocycles. The highest BCUT2D eigenvalue weighted by atomic mass is 16.2. The standard InChI is InChI=1S/C13H19N5O2/c14-9-6-15-17(7-9)8-12(19)18-5-1-2-11(18)13(20)16-10-3-4-10/h6-7,10-11H,1-5,8,14H2,(H,16,20). The summed E-state index contributed by atoms with van der Waals surface area (Å²) in [7, 11) is 0. The summed E-state index contributed by atoms with van der Waals surface area (Å²) >= 11 is 0. The zero-order chi connectivity index (χ0) is 14.1. The number of nitrogens with one attached hydrogen (secondary N) is 1. The van der Waals surface area contributed by atoms with Gasteiger partial charge in [-0.15, -0.1) is 0 Å². The van der Waals surface area contributed by atoms with Gasteiger partial charge in [0.2, 0.25) is 11.8 Å². The number of nitrogen functional groups attached to an aromatic ring is 1. The molecule has 7 heteroatoms. The van der Waals surface area contributed by atoms with Crippen LogP contribution in [0.5, 0.6) is 0 Å². The summed E-state index contributed by atoms with van der Waals surface area (Å²) in [6.45, 7) is 0.767. The molecule has 1 unspecified atom stereocenters. The maximum absolute atomic E-state index is 12.3. The Labute approximate surface area is 117 Å². The van der Waals surface area contributed by atoms with Crippen LogP contribution in [0.25, 0.3) is 0 Å². The van der Waals surface area contributed by atoms with E-state index in [9.17, 15) is 9.59 Å². The summed E-state index contributed by atoms with van der Waals surface area (Å²) in [4.78, 5) is 26.1. The van der Waals surface area contributed by atoms with Gasteiger partial charge in [-0.25, -0.2) is 0 Å². The number of anilines is 1. The van der Waals surface area contributed by atoms with Crippen LogP contribution in [0.3, 0.4) is 0 Å². The van der Waals surface area contributed by atoms with Crippen molar-refractivity contribution >= 4 is 17.5 Å². The van der Waals surface area contributed by atoms with E-state index in [-0.39, 0.29) is 24.4 Å². The molecule has 20 heavy (non-hydrogen) atoms. The lowest BCUT2D eigenvalue weighted by Crippen LogP contribution is -2.47. The summed E-state index contributed by atoms with van der Waals surface area (Å²) in [5.41, 5.74) is 6.10. The highest BCUT2D eigenvalue weighted by Gasteiger charge is 2.36. The van der Waals surface area contributed by atoms with E-state index in [4.69, 9.17) is 5.73 Å². The van der Waals surface area contributed by atoms with Crippen molar-refractivity contribution in [2.45, 2.75) is 44.3 Å². The SMILES string of the molecule is Nc1cnn(CC(=O)N2CCCC2C(=O)NC2CC2)c1. The number of aromatic nitrogens is 2. The number of hydrogen-bond acceptors (Lipinski definition) is 4. The third kappa shape index (κ3) is 2.76. The number of amides is 2. The highest BCUT2D eigenvalue weighted by Crippen LogP contribution is 2.22.